The lowest BCUT2D eigenvalue weighted by atomic mass is 10.1. The van der Waals surface area contributed by atoms with Gasteiger partial charge in [-0.1, -0.05) is 17.8 Å². The first-order valence-electron chi connectivity index (χ1n) is 10.0. The molecule has 1 unspecified atom stereocenters. The first-order valence-corrected chi connectivity index (χ1v) is 11.0. The summed E-state index contributed by atoms with van der Waals surface area (Å²) in [6.45, 7) is 8.79. The van der Waals surface area contributed by atoms with Gasteiger partial charge < -0.3 is 14.6 Å². The molecule has 8 heteroatoms. The third-order valence-electron chi connectivity index (χ3n) is 4.98. The van der Waals surface area contributed by atoms with Crippen molar-refractivity contribution < 1.29 is 13.9 Å². The van der Waals surface area contributed by atoms with Crippen LogP contribution in [-0.2, 0) is 6.54 Å². The zero-order valence-electron chi connectivity index (χ0n) is 17.3. The van der Waals surface area contributed by atoms with Gasteiger partial charge in [0.1, 0.15) is 11.6 Å². The molecule has 0 saturated carbocycles. The van der Waals surface area contributed by atoms with Gasteiger partial charge in [-0.2, -0.15) is 0 Å². The molecule has 30 heavy (non-hydrogen) atoms. The van der Waals surface area contributed by atoms with Gasteiger partial charge in [0.2, 0.25) is 0 Å². The molecule has 0 spiro atoms. The van der Waals surface area contributed by atoms with Gasteiger partial charge in [-0.15, -0.1) is 10.2 Å². The fraction of sp³-hybridized carbons (Fsp3) is 0.364. The van der Waals surface area contributed by atoms with E-state index in [4.69, 9.17) is 0 Å². The van der Waals surface area contributed by atoms with E-state index in [1.165, 1.54) is 17.8 Å². The molecule has 1 atom stereocenters. The highest BCUT2D eigenvalue weighted by Gasteiger charge is 2.18. The molecule has 0 fully saturated rings. The Balaban J connectivity index is 1.75. The number of benzene rings is 2. The molecule has 0 aliphatic heterocycles. The van der Waals surface area contributed by atoms with Crippen LogP contribution in [0.3, 0.4) is 0 Å². The summed E-state index contributed by atoms with van der Waals surface area (Å²) in [5.74, 6) is -0.497. The van der Waals surface area contributed by atoms with Crippen molar-refractivity contribution in [2.75, 3.05) is 23.7 Å². The van der Waals surface area contributed by atoms with E-state index in [0.29, 0.717) is 11.7 Å². The second kappa shape index (κ2) is 10.0. The molecule has 0 aliphatic rings. The lowest BCUT2D eigenvalue weighted by molar-refractivity contribution is 0.198. The Morgan fingerprint density at radius 1 is 1.03 bits per heavy atom. The monoisotopic (exact) mass is 432 g/mol. The lowest BCUT2D eigenvalue weighted by Crippen LogP contribution is -2.21. The lowest BCUT2D eigenvalue weighted by Gasteiger charge is -2.21. The number of hydrogen-bond donors (Lipinski definition) is 1. The van der Waals surface area contributed by atoms with E-state index in [1.54, 1.807) is 0 Å². The smallest absolute Gasteiger partial charge is 0.191 e. The molecule has 0 amide bonds. The minimum absolute atomic E-state index is 0.0682. The standard InChI is InChI=1S/C22H26F2N4OS/c1-4-27(5-2)17-10-7-15(8-11-17)21-25-26-22(28(21)6-3)30-14-20(29)18-12-9-16(23)13-19(18)24/h7-13,20,29H,4-6,14H2,1-3H3. The first kappa shape index (κ1) is 22.2. The Kier molecular flexibility index (Phi) is 7.44. The van der Waals surface area contributed by atoms with Gasteiger partial charge in [-0.25, -0.2) is 8.78 Å². The summed E-state index contributed by atoms with van der Waals surface area (Å²) in [4.78, 5) is 2.27. The van der Waals surface area contributed by atoms with Crippen LogP contribution in [0.15, 0.2) is 47.6 Å². The third-order valence-corrected chi connectivity index (χ3v) is 6.02. The highest BCUT2D eigenvalue weighted by atomic mass is 32.2. The highest BCUT2D eigenvalue weighted by molar-refractivity contribution is 7.99. The molecular formula is C22H26F2N4OS. The average molecular weight is 433 g/mol. The Labute approximate surface area is 179 Å². The van der Waals surface area contributed by atoms with Gasteiger partial charge in [0.15, 0.2) is 11.0 Å². The third kappa shape index (κ3) is 4.82. The number of aliphatic hydroxyl groups is 1. The quantitative estimate of drug-likeness (QED) is 0.487. The van der Waals surface area contributed by atoms with Crippen molar-refractivity contribution in [1.29, 1.82) is 0 Å². The van der Waals surface area contributed by atoms with Gasteiger partial charge in [0.25, 0.3) is 0 Å². The molecule has 5 nitrogen and oxygen atoms in total. The molecule has 2 aromatic carbocycles. The van der Waals surface area contributed by atoms with E-state index < -0.39 is 17.7 Å². The van der Waals surface area contributed by atoms with Crippen LogP contribution in [-0.4, -0.2) is 38.7 Å². The van der Waals surface area contributed by atoms with E-state index in [2.05, 4.69) is 41.1 Å². The number of nitrogens with zero attached hydrogens (tertiary/aromatic N) is 4. The molecule has 1 aromatic heterocycles. The van der Waals surface area contributed by atoms with Gasteiger partial charge in [-0.05, 0) is 51.1 Å². The molecule has 0 aliphatic carbocycles. The molecule has 1 heterocycles. The summed E-state index contributed by atoms with van der Waals surface area (Å²) in [5, 5.41) is 19.5. The second-order valence-electron chi connectivity index (χ2n) is 6.76. The van der Waals surface area contributed by atoms with Crippen molar-refractivity contribution in [3.63, 3.8) is 0 Å². The largest absolute Gasteiger partial charge is 0.387 e. The summed E-state index contributed by atoms with van der Waals surface area (Å²) in [7, 11) is 0. The van der Waals surface area contributed by atoms with Crippen molar-refractivity contribution >= 4 is 17.4 Å². The van der Waals surface area contributed by atoms with Crippen LogP contribution >= 0.6 is 11.8 Å². The van der Waals surface area contributed by atoms with E-state index in [-0.39, 0.29) is 11.3 Å². The van der Waals surface area contributed by atoms with E-state index in [1.807, 2.05) is 23.6 Å². The van der Waals surface area contributed by atoms with Crippen molar-refractivity contribution in [2.45, 2.75) is 38.6 Å². The summed E-state index contributed by atoms with van der Waals surface area (Å²) in [5.41, 5.74) is 2.18. The maximum Gasteiger partial charge on any atom is 0.191 e. The molecule has 160 valence electrons. The normalized spacial score (nSPS) is 12.2. The number of aliphatic hydroxyl groups excluding tert-OH is 1. The molecular weight excluding hydrogens is 406 g/mol. The molecule has 1 N–H and O–H groups in total. The van der Waals surface area contributed by atoms with Crippen LogP contribution in [0.4, 0.5) is 14.5 Å². The van der Waals surface area contributed by atoms with Gasteiger partial charge >= 0.3 is 0 Å². The van der Waals surface area contributed by atoms with Crippen LogP contribution in [0.2, 0.25) is 0 Å². The Hall–Kier alpha value is -2.45. The minimum Gasteiger partial charge on any atom is -0.387 e. The fourth-order valence-electron chi connectivity index (χ4n) is 3.32. The number of halogens is 2. The van der Waals surface area contributed by atoms with Crippen LogP contribution in [0.1, 0.15) is 32.4 Å². The van der Waals surface area contributed by atoms with Crippen molar-refractivity contribution in [3.8, 4) is 11.4 Å². The zero-order chi connectivity index (χ0) is 21.7. The van der Waals surface area contributed by atoms with Gasteiger partial charge in [-0.3, -0.25) is 0 Å². The van der Waals surface area contributed by atoms with Crippen molar-refractivity contribution in [3.05, 3.63) is 59.7 Å². The number of aromatic nitrogens is 3. The maximum atomic E-state index is 13.9. The van der Waals surface area contributed by atoms with Gasteiger partial charge in [0.05, 0.1) is 6.10 Å². The molecule has 0 saturated heterocycles. The van der Waals surface area contributed by atoms with Crippen LogP contribution in [0, 0.1) is 11.6 Å². The number of rotatable bonds is 9. The Morgan fingerprint density at radius 3 is 2.33 bits per heavy atom. The predicted molar refractivity (Wildman–Crippen MR) is 117 cm³/mol. The Morgan fingerprint density at radius 2 is 1.73 bits per heavy atom. The summed E-state index contributed by atoms with van der Waals surface area (Å²) in [6, 6.07) is 11.4. The van der Waals surface area contributed by atoms with Crippen molar-refractivity contribution in [1.82, 2.24) is 14.8 Å². The SMILES string of the molecule is CCN(CC)c1ccc(-c2nnc(SCC(O)c3ccc(F)cc3F)n2CC)cc1. The molecule has 0 radical (unpaired) electrons. The topological polar surface area (TPSA) is 54.2 Å². The molecule has 3 aromatic rings. The van der Waals surface area contributed by atoms with Gasteiger partial charge in [0, 0.05) is 48.3 Å². The van der Waals surface area contributed by atoms with E-state index in [0.717, 1.165) is 42.3 Å². The predicted octanol–water partition coefficient (Wildman–Crippen LogP) is 4.92. The average Bonchev–Trinajstić information content (AvgIpc) is 3.16. The zero-order valence-corrected chi connectivity index (χ0v) is 18.2. The fourth-order valence-corrected chi connectivity index (χ4v) is 4.28. The second-order valence-corrected chi connectivity index (χ2v) is 7.75. The number of anilines is 1. The molecule has 0 bridgehead atoms. The summed E-state index contributed by atoms with van der Waals surface area (Å²) >= 11 is 1.29. The Bertz CT molecular complexity index is 974. The van der Waals surface area contributed by atoms with E-state index >= 15 is 0 Å². The van der Waals surface area contributed by atoms with Crippen LogP contribution in [0.25, 0.3) is 11.4 Å². The maximum absolute atomic E-state index is 13.9. The van der Waals surface area contributed by atoms with E-state index in [9.17, 15) is 13.9 Å². The van der Waals surface area contributed by atoms with Crippen molar-refractivity contribution in [2.24, 2.45) is 0 Å². The highest BCUT2D eigenvalue weighted by Crippen LogP contribution is 2.29. The summed E-state index contributed by atoms with van der Waals surface area (Å²) in [6.07, 6.45) is -1.07. The number of hydrogen-bond acceptors (Lipinski definition) is 5. The number of thioether (sulfide) groups is 1. The first-order chi connectivity index (χ1) is 14.5. The van der Waals surface area contributed by atoms with Crippen LogP contribution < -0.4 is 4.90 Å². The minimum atomic E-state index is -1.07. The van der Waals surface area contributed by atoms with Crippen LogP contribution in [0.5, 0.6) is 0 Å². The summed E-state index contributed by atoms with van der Waals surface area (Å²) < 4.78 is 28.9. The molecule has 3 rings (SSSR count).